The van der Waals surface area contributed by atoms with Gasteiger partial charge in [-0.2, -0.15) is 0 Å². The predicted octanol–water partition coefficient (Wildman–Crippen LogP) is 5.52. The number of rotatable bonds is 12. The molecule has 0 saturated carbocycles. The van der Waals surface area contributed by atoms with Gasteiger partial charge in [-0.05, 0) is 67.4 Å². The van der Waals surface area contributed by atoms with E-state index in [1.165, 1.54) is 12.1 Å². The van der Waals surface area contributed by atoms with E-state index in [9.17, 15) is 14.3 Å². The van der Waals surface area contributed by atoms with Crippen molar-refractivity contribution in [2.75, 3.05) is 19.7 Å². The normalized spacial score (nSPS) is 11.1. The van der Waals surface area contributed by atoms with E-state index < -0.39 is 0 Å². The molecule has 0 saturated heterocycles. The van der Waals surface area contributed by atoms with Gasteiger partial charge in [0.1, 0.15) is 23.9 Å². The number of hydrogen-bond donors (Lipinski definition) is 1. The third-order valence-corrected chi connectivity index (χ3v) is 5.34. The summed E-state index contributed by atoms with van der Waals surface area (Å²) in [6.45, 7) is 5.09. The van der Waals surface area contributed by atoms with Crippen LogP contribution in [0.15, 0.2) is 66.7 Å². The second-order valence-corrected chi connectivity index (χ2v) is 8.64. The number of aliphatic hydroxyl groups excluding tert-OH is 1. The van der Waals surface area contributed by atoms with Crippen LogP contribution in [-0.2, 0) is 13.2 Å². The van der Waals surface area contributed by atoms with E-state index in [0.717, 1.165) is 11.1 Å². The maximum absolute atomic E-state index is 13.0. The Morgan fingerprint density at radius 1 is 1.03 bits per heavy atom. The summed E-state index contributed by atoms with van der Waals surface area (Å²) in [4.78, 5) is 14.7. The van der Waals surface area contributed by atoms with Crippen molar-refractivity contribution in [1.29, 1.82) is 0 Å². The summed E-state index contributed by atoms with van der Waals surface area (Å²) in [6.07, 6.45) is -0.0150. The fraction of sp³-hybridized carbons (Fsp3) is 0.296. The van der Waals surface area contributed by atoms with Crippen molar-refractivity contribution in [3.8, 4) is 11.5 Å². The molecule has 0 bridgehead atoms. The number of carbonyl (C=O) groups is 1. The van der Waals surface area contributed by atoms with Gasteiger partial charge >= 0.3 is 0 Å². The molecule has 0 amide bonds. The third kappa shape index (κ3) is 7.83. The summed E-state index contributed by atoms with van der Waals surface area (Å²) in [5, 5.41) is 9.86. The van der Waals surface area contributed by atoms with Crippen LogP contribution in [0.1, 0.15) is 35.3 Å². The topological polar surface area (TPSA) is 59.0 Å². The molecular weight excluding hydrogens is 457 g/mol. The summed E-state index contributed by atoms with van der Waals surface area (Å²) >= 11 is 6.27. The number of hydrogen-bond acceptors (Lipinski definition) is 5. The van der Waals surface area contributed by atoms with Gasteiger partial charge in [0.05, 0.1) is 24.3 Å². The molecule has 0 atom stereocenters. The molecule has 0 heterocycles. The molecule has 1 N–H and O–H groups in total. The van der Waals surface area contributed by atoms with Crippen LogP contribution in [0.5, 0.6) is 11.5 Å². The Bertz CT molecular complexity index is 1070. The standard InChI is InChI=1S/C27H29ClFNO4/c1-19(2)34-27-12-7-22(15-25(27)28)26(32)17-30(13-14-31)16-20-5-10-24(11-6-20)33-18-21-3-8-23(29)9-4-21/h3-12,15,19,31H,13-14,16-18H2,1-2H3. The zero-order chi connectivity index (χ0) is 24.5. The molecule has 0 fully saturated rings. The third-order valence-electron chi connectivity index (χ3n) is 5.05. The summed E-state index contributed by atoms with van der Waals surface area (Å²) in [7, 11) is 0. The zero-order valence-corrected chi connectivity index (χ0v) is 20.1. The van der Waals surface area contributed by atoms with Crippen molar-refractivity contribution in [2.24, 2.45) is 0 Å². The minimum Gasteiger partial charge on any atom is -0.489 e. The molecule has 0 aliphatic rings. The van der Waals surface area contributed by atoms with Gasteiger partial charge in [0.25, 0.3) is 0 Å². The van der Waals surface area contributed by atoms with Crippen LogP contribution in [0.4, 0.5) is 4.39 Å². The lowest BCUT2D eigenvalue weighted by Gasteiger charge is -2.21. The highest BCUT2D eigenvalue weighted by molar-refractivity contribution is 6.32. The SMILES string of the molecule is CC(C)Oc1ccc(C(=O)CN(CCO)Cc2ccc(OCc3ccc(F)cc3)cc2)cc1Cl. The molecule has 0 aliphatic carbocycles. The zero-order valence-electron chi connectivity index (χ0n) is 19.3. The summed E-state index contributed by atoms with van der Waals surface area (Å²) in [5.41, 5.74) is 2.35. The van der Waals surface area contributed by atoms with Crippen molar-refractivity contribution in [1.82, 2.24) is 4.90 Å². The Morgan fingerprint density at radius 3 is 2.32 bits per heavy atom. The fourth-order valence-corrected chi connectivity index (χ4v) is 3.60. The highest BCUT2D eigenvalue weighted by Gasteiger charge is 2.15. The van der Waals surface area contributed by atoms with Gasteiger partial charge in [0.15, 0.2) is 5.78 Å². The first-order valence-corrected chi connectivity index (χ1v) is 11.5. The van der Waals surface area contributed by atoms with Crippen LogP contribution in [-0.4, -0.2) is 41.6 Å². The monoisotopic (exact) mass is 485 g/mol. The minimum atomic E-state index is -0.278. The maximum atomic E-state index is 13.0. The van der Waals surface area contributed by atoms with Gasteiger partial charge in [-0.25, -0.2) is 4.39 Å². The van der Waals surface area contributed by atoms with E-state index in [1.807, 2.05) is 43.0 Å². The molecule has 3 aromatic carbocycles. The second-order valence-electron chi connectivity index (χ2n) is 8.23. The van der Waals surface area contributed by atoms with Crippen molar-refractivity contribution < 1.29 is 23.8 Å². The van der Waals surface area contributed by atoms with Crippen LogP contribution in [0.3, 0.4) is 0 Å². The molecule has 3 aromatic rings. The Morgan fingerprint density at radius 2 is 1.71 bits per heavy atom. The van der Waals surface area contributed by atoms with E-state index in [4.69, 9.17) is 21.1 Å². The van der Waals surface area contributed by atoms with Crippen molar-refractivity contribution in [3.05, 3.63) is 94.3 Å². The maximum Gasteiger partial charge on any atom is 0.176 e. The molecule has 7 heteroatoms. The van der Waals surface area contributed by atoms with Crippen LogP contribution in [0.2, 0.25) is 5.02 Å². The number of Topliss-reactive ketones (excluding diaryl/α,β-unsaturated/α-hetero) is 1. The lowest BCUT2D eigenvalue weighted by molar-refractivity contribution is 0.0908. The summed E-state index contributed by atoms with van der Waals surface area (Å²) in [6, 6.07) is 18.8. The van der Waals surface area contributed by atoms with E-state index in [-0.39, 0.29) is 30.9 Å². The first kappa shape index (κ1) is 25.7. The molecule has 0 spiro atoms. The highest BCUT2D eigenvalue weighted by atomic mass is 35.5. The second kappa shape index (κ2) is 12.5. The number of nitrogens with zero attached hydrogens (tertiary/aromatic N) is 1. The minimum absolute atomic E-state index is 0.0150. The number of carbonyl (C=O) groups excluding carboxylic acids is 1. The predicted molar refractivity (Wildman–Crippen MR) is 131 cm³/mol. The fourth-order valence-electron chi connectivity index (χ4n) is 3.37. The molecule has 0 unspecified atom stereocenters. The molecular formula is C27H29ClFNO4. The van der Waals surface area contributed by atoms with E-state index in [0.29, 0.717) is 41.8 Å². The van der Waals surface area contributed by atoms with Gasteiger partial charge in [-0.15, -0.1) is 0 Å². The lowest BCUT2D eigenvalue weighted by Crippen LogP contribution is -2.32. The summed E-state index contributed by atoms with van der Waals surface area (Å²) in [5.74, 6) is 0.864. The van der Waals surface area contributed by atoms with Crippen molar-refractivity contribution in [2.45, 2.75) is 33.1 Å². The number of aliphatic hydroxyl groups is 1. The van der Waals surface area contributed by atoms with Gasteiger partial charge in [-0.3, -0.25) is 9.69 Å². The van der Waals surface area contributed by atoms with Crippen LogP contribution < -0.4 is 9.47 Å². The molecule has 180 valence electrons. The van der Waals surface area contributed by atoms with Crippen LogP contribution in [0.25, 0.3) is 0 Å². The molecule has 5 nitrogen and oxygen atoms in total. The quantitative estimate of drug-likeness (QED) is 0.342. The molecule has 0 aliphatic heterocycles. The van der Waals surface area contributed by atoms with Crippen molar-refractivity contribution >= 4 is 17.4 Å². The Hall–Kier alpha value is -2.93. The highest BCUT2D eigenvalue weighted by Crippen LogP contribution is 2.27. The lowest BCUT2D eigenvalue weighted by atomic mass is 10.1. The molecule has 0 radical (unpaired) electrons. The van der Waals surface area contributed by atoms with Gasteiger partial charge in [-0.1, -0.05) is 35.9 Å². The number of ketones is 1. The Labute approximate surface area is 204 Å². The first-order valence-electron chi connectivity index (χ1n) is 11.1. The number of ether oxygens (including phenoxy) is 2. The average Bonchev–Trinajstić information content (AvgIpc) is 2.81. The van der Waals surface area contributed by atoms with E-state index >= 15 is 0 Å². The molecule has 0 aromatic heterocycles. The largest absolute Gasteiger partial charge is 0.489 e. The van der Waals surface area contributed by atoms with Crippen LogP contribution in [0, 0.1) is 5.82 Å². The molecule has 34 heavy (non-hydrogen) atoms. The summed E-state index contributed by atoms with van der Waals surface area (Å²) < 4.78 is 24.4. The van der Waals surface area contributed by atoms with E-state index in [1.54, 1.807) is 30.3 Å². The van der Waals surface area contributed by atoms with Crippen LogP contribution >= 0.6 is 11.6 Å². The number of halogens is 2. The Balaban J connectivity index is 1.58. The van der Waals surface area contributed by atoms with Gasteiger partial charge < -0.3 is 14.6 Å². The van der Waals surface area contributed by atoms with E-state index in [2.05, 4.69) is 0 Å². The first-order chi connectivity index (χ1) is 16.3. The van der Waals surface area contributed by atoms with Crippen molar-refractivity contribution in [3.63, 3.8) is 0 Å². The smallest absolute Gasteiger partial charge is 0.176 e. The van der Waals surface area contributed by atoms with Gasteiger partial charge in [0.2, 0.25) is 0 Å². The average molecular weight is 486 g/mol. The number of benzene rings is 3. The van der Waals surface area contributed by atoms with Gasteiger partial charge in [0, 0.05) is 18.7 Å². The Kier molecular flexibility index (Phi) is 9.45. The molecule has 3 rings (SSSR count).